The standard InChI is InChI=1S/C19H27N3OS/c1-15-5-3-4-6-19(15)24-18-7-9-21(10-8-18)13-17-14-22(11-12-23)20-16(17)2/h3-6,14,18,23H,7-13H2,1-2H3. The van der Waals surface area contributed by atoms with Crippen LogP contribution in [0, 0.1) is 13.8 Å². The molecule has 1 aliphatic heterocycles. The summed E-state index contributed by atoms with van der Waals surface area (Å²) in [6.07, 6.45) is 4.56. The number of aryl methyl sites for hydroxylation is 2. The molecule has 0 unspecified atom stereocenters. The van der Waals surface area contributed by atoms with Gasteiger partial charge in [0.05, 0.1) is 18.8 Å². The van der Waals surface area contributed by atoms with Crippen molar-refractivity contribution in [3.8, 4) is 0 Å². The first-order valence-corrected chi connectivity index (χ1v) is 9.62. The number of aromatic nitrogens is 2. The van der Waals surface area contributed by atoms with Gasteiger partial charge < -0.3 is 5.11 Å². The highest BCUT2D eigenvalue weighted by molar-refractivity contribution is 8.00. The van der Waals surface area contributed by atoms with Crippen molar-refractivity contribution < 1.29 is 5.11 Å². The maximum absolute atomic E-state index is 9.04. The fraction of sp³-hybridized carbons (Fsp3) is 0.526. The predicted octanol–water partition coefficient (Wildman–Crippen LogP) is 3.25. The van der Waals surface area contributed by atoms with E-state index < -0.39 is 0 Å². The van der Waals surface area contributed by atoms with Crippen LogP contribution >= 0.6 is 11.8 Å². The zero-order valence-corrected chi connectivity index (χ0v) is 15.4. The van der Waals surface area contributed by atoms with Crippen molar-refractivity contribution in [1.82, 2.24) is 14.7 Å². The largest absolute Gasteiger partial charge is 0.394 e. The average molecular weight is 346 g/mol. The van der Waals surface area contributed by atoms with Gasteiger partial charge in [-0.3, -0.25) is 9.58 Å². The molecule has 130 valence electrons. The molecule has 5 heteroatoms. The molecule has 3 rings (SSSR count). The summed E-state index contributed by atoms with van der Waals surface area (Å²) in [5, 5.41) is 14.2. The molecule has 1 saturated heterocycles. The van der Waals surface area contributed by atoms with E-state index in [1.165, 1.54) is 28.9 Å². The molecule has 1 aromatic carbocycles. The zero-order chi connectivity index (χ0) is 16.9. The number of nitrogens with zero attached hydrogens (tertiary/aromatic N) is 3. The summed E-state index contributed by atoms with van der Waals surface area (Å²) in [6.45, 7) is 8.24. The van der Waals surface area contributed by atoms with E-state index in [4.69, 9.17) is 5.11 Å². The van der Waals surface area contributed by atoms with Gasteiger partial charge in [0.25, 0.3) is 0 Å². The Bertz CT molecular complexity index is 662. The van der Waals surface area contributed by atoms with Gasteiger partial charge in [-0.1, -0.05) is 18.2 Å². The topological polar surface area (TPSA) is 41.3 Å². The molecule has 1 fully saturated rings. The molecule has 0 amide bonds. The number of likely N-dealkylation sites (tertiary alicyclic amines) is 1. The summed E-state index contributed by atoms with van der Waals surface area (Å²) in [5.74, 6) is 0. The van der Waals surface area contributed by atoms with E-state index in [1.807, 2.05) is 16.4 Å². The molecule has 0 atom stereocenters. The second-order valence-electron chi connectivity index (χ2n) is 6.59. The van der Waals surface area contributed by atoms with Crippen LogP contribution in [0.25, 0.3) is 0 Å². The van der Waals surface area contributed by atoms with Gasteiger partial charge in [-0.15, -0.1) is 11.8 Å². The summed E-state index contributed by atoms with van der Waals surface area (Å²) < 4.78 is 1.85. The maximum atomic E-state index is 9.04. The summed E-state index contributed by atoms with van der Waals surface area (Å²) in [7, 11) is 0. The second kappa shape index (κ2) is 8.19. The summed E-state index contributed by atoms with van der Waals surface area (Å²) in [6, 6.07) is 8.69. The predicted molar refractivity (Wildman–Crippen MR) is 99.4 cm³/mol. The van der Waals surface area contributed by atoms with Crippen molar-refractivity contribution in [3.63, 3.8) is 0 Å². The van der Waals surface area contributed by atoms with E-state index >= 15 is 0 Å². The first-order valence-electron chi connectivity index (χ1n) is 8.74. The highest BCUT2D eigenvalue weighted by Crippen LogP contribution is 2.32. The SMILES string of the molecule is Cc1ccccc1SC1CCN(Cc2cn(CCO)nc2C)CC1. The molecule has 0 bridgehead atoms. The molecular formula is C19H27N3OS. The average Bonchev–Trinajstić information content (AvgIpc) is 2.91. The lowest BCUT2D eigenvalue weighted by molar-refractivity contribution is 0.224. The van der Waals surface area contributed by atoms with Crippen LogP contribution in [-0.2, 0) is 13.1 Å². The van der Waals surface area contributed by atoms with Gasteiger partial charge >= 0.3 is 0 Å². The molecule has 0 saturated carbocycles. The number of benzene rings is 1. The van der Waals surface area contributed by atoms with E-state index in [9.17, 15) is 0 Å². The minimum atomic E-state index is 0.141. The highest BCUT2D eigenvalue weighted by Gasteiger charge is 2.21. The lowest BCUT2D eigenvalue weighted by Crippen LogP contribution is -2.34. The van der Waals surface area contributed by atoms with E-state index in [2.05, 4.69) is 54.3 Å². The number of rotatable bonds is 6. The molecule has 24 heavy (non-hydrogen) atoms. The minimum Gasteiger partial charge on any atom is -0.394 e. The van der Waals surface area contributed by atoms with Gasteiger partial charge in [0, 0.05) is 28.5 Å². The minimum absolute atomic E-state index is 0.141. The Balaban J connectivity index is 1.51. The van der Waals surface area contributed by atoms with Gasteiger partial charge in [0.2, 0.25) is 0 Å². The van der Waals surface area contributed by atoms with Crippen LogP contribution in [0.5, 0.6) is 0 Å². The normalized spacial score (nSPS) is 16.6. The monoisotopic (exact) mass is 345 g/mol. The fourth-order valence-electron chi connectivity index (χ4n) is 3.23. The molecule has 2 aromatic rings. The Morgan fingerprint density at radius 3 is 2.67 bits per heavy atom. The number of thioether (sulfide) groups is 1. The third-order valence-electron chi connectivity index (χ3n) is 4.69. The molecular weight excluding hydrogens is 318 g/mol. The van der Waals surface area contributed by atoms with Crippen LogP contribution in [0.3, 0.4) is 0 Å². The third-order valence-corrected chi connectivity index (χ3v) is 6.21. The van der Waals surface area contributed by atoms with Crippen LogP contribution in [0.2, 0.25) is 0 Å². The van der Waals surface area contributed by atoms with Crippen molar-refractivity contribution in [1.29, 1.82) is 0 Å². The lowest BCUT2D eigenvalue weighted by Gasteiger charge is -2.31. The number of hydrogen-bond donors (Lipinski definition) is 1. The van der Waals surface area contributed by atoms with Crippen molar-refractivity contribution in [2.45, 2.75) is 49.9 Å². The highest BCUT2D eigenvalue weighted by atomic mass is 32.2. The molecule has 0 radical (unpaired) electrons. The van der Waals surface area contributed by atoms with Gasteiger partial charge in [0.15, 0.2) is 0 Å². The van der Waals surface area contributed by atoms with Crippen molar-refractivity contribution >= 4 is 11.8 Å². The zero-order valence-electron chi connectivity index (χ0n) is 14.6. The van der Waals surface area contributed by atoms with Crippen molar-refractivity contribution in [2.24, 2.45) is 0 Å². The summed E-state index contributed by atoms with van der Waals surface area (Å²) in [5.41, 5.74) is 3.75. The fourth-order valence-corrected chi connectivity index (χ4v) is 4.44. The first kappa shape index (κ1) is 17.5. The smallest absolute Gasteiger partial charge is 0.0641 e. The summed E-state index contributed by atoms with van der Waals surface area (Å²) >= 11 is 2.04. The van der Waals surface area contributed by atoms with Crippen LogP contribution in [0.4, 0.5) is 0 Å². The Hall–Kier alpha value is -1.30. The number of hydrogen-bond acceptors (Lipinski definition) is 4. The molecule has 0 aliphatic carbocycles. The summed E-state index contributed by atoms with van der Waals surface area (Å²) in [4.78, 5) is 3.96. The van der Waals surface area contributed by atoms with Crippen LogP contribution in [0.1, 0.15) is 29.7 Å². The number of piperidine rings is 1. The Morgan fingerprint density at radius 1 is 1.21 bits per heavy atom. The van der Waals surface area contributed by atoms with Gasteiger partial charge in [-0.2, -0.15) is 5.10 Å². The van der Waals surface area contributed by atoms with Crippen molar-refractivity contribution in [3.05, 3.63) is 47.3 Å². The Labute approximate surface area is 148 Å². The second-order valence-corrected chi connectivity index (χ2v) is 7.93. The first-order chi connectivity index (χ1) is 11.7. The molecule has 1 aliphatic rings. The van der Waals surface area contributed by atoms with Gasteiger partial charge in [-0.25, -0.2) is 0 Å². The van der Waals surface area contributed by atoms with E-state index in [0.717, 1.165) is 30.6 Å². The van der Waals surface area contributed by atoms with Crippen LogP contribution < -0.4 is 0 Å². The van der Waals surface area contributed by atoms with Crippen molar-refractivity contribution in [2.75, 3.05) is 19.7 Å². The molecule has 1 N–H and O–H groups in total. The molecule has 1 aromatic heterocycles. The lowest BCUT2D eigenvalue weighted by atomic mass is 10.1. The van der Waals surface area contributed by atoms with Crippen LogP contribution in [0.15, 0.2) is 35.4 Å². The third kappa shape index (κ3) is 4.41. The molecule has 4 nitrogen and oxygen atoms in total. The molecule has 2 heterocycles. The van der Waals surface area contributed by atoms with E-state index in [-0.39, 0.29) is 6.61 Å². The van der Waals surface area contributed by atoms with E-state index in [1.54, 1.807) is 0 Å². The van der Waals surface area contributed by atoms with Gasteiger partial charge in [0.1, 0.15) is 0 Å². The number of aliphatic hydroxyl groups is 1. The molecule has 0 spiro atoms. The Morgan fingerprint density at radius 2 is 1.96 bits per heavy atom. The quantitative estimate of drug-likeness (QED) is 0.873. The van der Waals surface area contributed by atoms with Gasteiger partial charge in [-0.05, 0) is 51.4 Å². The Kier molecular flexibility index (Phi) is 5.98. The maximum Gasteiger partial charge on any atom is 0.0641 e. The number of aliphatic hydroxyl groups excluding tert-OH is 1. The van der Waals surface area contributed by atoms with Crippen LogP contribution in [-0.4, -0.2) is 44.7 Å². The van der Waals surface area contributed by atoms with E-state index in [0.29, 0.717) is 6.54 Å².